The highest BCUT2D eigenvalue weighted by molar-refractivity contribution is 7.89. The molecule has 0 bridgehead atoms. The minimum absolute atomic E-state index is 0.226. The molecule has 0 aromatic heterocycles. The lowest BCUT2D eigenvalue weighted by Gasteiger charge is -2.29. The summed E-state index contributed by atoms with van der Waals surface area (Å²) in [6.45, 7) is 4.99. The van der Waals surface area contributed by atoms with Crippen LogP contribution in [0.15, 0.2) is 84.3 Å². The van der Waals surface area contributed by atoms with Crippen LogP contribution in [-0.4, -0.2) is 26.9 Å². The molecule has 1 fully saturated rings. The Balaban J connectivity index is 1.29. The van der Waals surface area contributed by atoms with Crippen molar-refractivity contribution in [1.29, 1.82) is 0 Å². The second-order valence-corrected chi connectivity index (χ2v) is 13.1. The number of hydrogen-bond acceptors (Lipinski definition) is 4. The second-order valence-electron chi connectivity index (χ2n) is 11.4. The third-order valence-corrected chi connectivity index (χ3v) is 9.74. The van der Waals surface area contributed by atoms with Crippen LogP contribution >= 0.6 is 0 Å². The summed E-state index contributed by atoms with van der Waals surface area (Å²) >= 11 is 0. The first-order valence-electron chi connectivity index (χ1n) is 14.6. The Morgan fingerprint density at radius 2 is 1.72 bits per heavy atom. The fourth-order valence-corrected chi connectivity index (χ4v) is 6.88. The molecule has 0 spiro atoms. The van der Waals surface area contributed by atoms with E-state index in [2.05, 4.69) is 28.0 Å². The summed E-state index contributed by atoms with van der Waals surface area (Å²) in [4.78, 5) is 12.8. The molecule has 43 heavy (non-hydrogen) atoms. The summed E-state index contributed by atoms with van der Waals surface area (Å²) in [5.74, 6) is -0.364. The number of halogens is 3. The topological polar surface area (TPSA) is 87.3 Å². The highest BCUT2D eigenvalue weighted by atomic mass is 32.2. The van der Waals surface area contributed by atoms with E-state index in [1.807, 2.05) is 12.1 Å². The zero-order valence-corrected chi connectivity index (χ0v) is 24.6. The van der Waals surface area contributed by atoms with Gasteiger partial charge in [-0.25, -0.2) is 13.1 Å². The zero-order chi connectivity index (χ0) is 30.6. The summed E-state index contributed by atoms with van der Waals surface area (Å²) in [5.41, 5.74) is 3.75. The Kier molecular flexibility index (Phi) is 9.39. The molecule has 3 aromatic carbocycles. The third kappa shape index (κ3) is 7.74. The molecule has 1 amide bonds. The van der Waals surface area contributed by atoms with Gasteiger partial charge < -0.3 is 10.6 Å². The average molecular weight is 612 g/mol. The normalized spacial score (nSPS) is 17.9. The van der Waals surface area contributed by atoms with Crippen molar-refractivity contribution in [1.82, 2.24) is 15.4 Å². The quantitative estimate of drug-likeness (QED) is 0.232. The summed E-state index contributed by atoms with van der Waals surface area (Å²) in [5, 5.41) is 6.62. The maximum Gasteiger partial charge on any atom is 0.416 e. The van der Waals surface area contributed by atoms with Crippen LogP contribution in [0.4, 0.5) is 13.2 Å². The van der Waals surface area contributed by atoms with Gasteiger partial charge in [-0.3, -0.25) is 4.79 Å². The van der Waals surface area contributed by atoms with E-state index in [4.69, 9.17) is 0 Å². The number of nitrogens with one attached hydrogen (secondary N) is 3. The molecular formula is C33H36F3N3O3S. The number of benzene rings is 3. The number of hydrogen-bond donors (Lipinski definition) is 3. The lowest BCUT2D eigenvalue weighted by atomic mass is 9.85. The van der Waals surface area contributed by atoms with Crippen molar-refractivity contribution in [2.45, 2.75) is 74.1 Å². The van der Waals surface area contributed by atoms with E-state index in [-0.39, 0.29) is 18.4 Å². The van der Waals surface area contributed by atoms with Gasteiger partial charge in [0.1, 0.15) is 0 Å². The van der Waals surface area contributed by atoms with E-state index in [0.717, 1.165) is 66.3 Å². The Morgan fingerprint density at radius 3 is 2.42 bits per heavy atom. The minimum Gasteiger partial charge on any atom is -0.349 e. The molecule has 1 saturated carbocycles. The molecule has 2 aliphatic rings. The molecule has 0 heterocycles. The minimum atomic E-state index is -4.69. The van der Waals surface area contributed by atoms with Gasteiger partial charge in [0.25, 0.3) is 0 Å². The highest BCUT2D eigenvalue weighted by Crippen LogP contribution is 2.33. The Hall–Kier alpha value is -3.47. The number of carbonyl (C=O) groups excluding carboxylic acids is 1. The van der Waals surface area contributed by atoms with E-state index >= 15 is 0 Å². The smallest absolute Gasteiger partial charge is 0.349 e. The molecule has 2 atom stereocenters. The maximum absolute atomic E-state index is 13.4. The van der Waals surface area contributed by atoms with Crippen molar-refractivity contribution >= 4 is 21.5 Å². The number of aryl methyl sites for hydroxylation is 1. The molecule has 5 rings (SSSR count). The molecule has 3 aromatic rings. The molecule has 0 radical (unpaired) electrons. The maximum atomic E-state index is 13.4. The van der Waals surface area contributed by atoms with Crippen molar-refractivity contribution in [3.63, 3.8) is 0 Å². The predicted octanol–water partition coefficient (Wildman–Crippen LogP) is 6.46. The van der Waals surface area contributed by atoms with Gasteiger partial charge in [0, 0.05) is 19.0 Å². The van der Waals surface area contributed by atoms with Gasteiger partial charge in [-0.1, -0.05) is 67.6 Å². The number of sulfonamides is 1. The SMILES string of the molecule is C=C(CNC1CCC1)c1ccc2c(c1)CCC[C@H]2NC(=O)CC(NS(=O)(=O)c1cccc(C(F)(F)F)c1)c1ccccc1. The van der Waals surface area contributed by atoms with Crippen molar-refractivity contribution in [3.8, 4) is 0 Å². The lowest BCUT2D eigenvalue weighted by Crippen LogP contribution is -2.36. The molecule has 228 valence electrons. The second kappa shape index (κ2) is 13.0. The first kappa shape index (κ1) is 31.0. The summed E-state index contributed by atoms with van der Waals surface area (Å²) in [7, 11) is -4.38. The van der Waals surface area contributed by atoms with Gasteiger partial charge in [0.2, 0.25) is 15.9 Å². The summed E-state index contributed by atoms with van der Waals surface area (Å²) in [6.07, 6.45) is 1.28. The first-order valence-corrected chi connectivity index (χ1v) is 16.1. The van der Waals surface area contributed by atoms with Crippen LogP contribution in [0.25, 0.3) is 5.57 Å². The summed E-state index contributed by atoms with van der Waals surface area (Å²) < 4.78 is 68.6. The van der Waals surface area contributed by atoms with Gasteiger partial charge in [0.15, 0.2) is 0 Å². The number of alkyl halides is 3. The molecular weight excluding hydrogens is 575 g/mol. The Bertz CT molecular complexity index is 1570. The van der Waals surface area contributed by atoms with Crippen LogP contribution in [0.5, 0.6) is 0 Å². The van der Waals surface area contributed by atoms with Crippen LogP contribution < -0.4 is 15.4 Å². The zero-order valence-electron chi connectivity index (χ0n) is 23.8. The molecule has 0 aliphatic heterocycles. The van der Waals surface area contributed by atoms with Crippen molar-refractivity contribution in [2.24, 2.45) is 0 Å². The van der Waals surface area contributed by atoms with E-state index in [0.29, 0.717) is 17.7 Å². The van der Waals surface area contributed by atoms with Crippen LogP contribution in [0, 0.1) is 0 Å². The Labute approximate surface area is 250 Å². The average Bonchev–Trinajstić information content (AvgIpc) is 2.96. The Morgan fingerprint density at radius 1 is 0.953 bits per heavy atom. The molecule has 6 nitrogen and oxygen atoms in total. The van der Waals surface area contributed by atoms with Crippen LogP contribution in [0.2, 0.25) is 0 Å². The van der Waals surface area contributed by atoms with Crippen LogP contribution in [0.1, 0.15) is 78.4 Å². The van der Waals surface area contributed by atoms with E-state index in [1.165, 1.54) is 19.3 Å². The van der Waals surface area contributed by atoms with Crippen molar-refractivity contribution < 1.29 is 26.4 Å². The van der Waals surface area contributed by atoms with Gasteiger partial charge in [0.05, 0.1) is 22.5 Å². The fourth-order valence-electron chi connectivity index (χ4n) is 5.61. The fraction of sp³-hybridized carbons (Fsp3) is 0.364. The lowest BCUT2D eigenvalue weighted by molar-refractivity contribution is -0.137. The molecule has 10 heteroatoms. The van der Waals surface area contributed by atoms with Gasteiger partial charge in [-0.15, -0.1) is 0 Å². The van der Waals surface area contributed by atoms with Gasteiger partial charge in [-0.05, 0) is 78.1 Å². The standard InChI is InChI=1S/C33H36F3N3O3S/c1-22(21-37-27-12-7-13-27)24-16-17-29-25(18-24)10-5-15-30(29)38-32(40)20-31(23-8-3-2-4-9-23)39-43(41,42)28-14-6-11-26(19-28)33(34,35)36/h2-4,6,8-9,11,14,16-19,27,30-31,37,39H,1,5,7,10,12-13,15,20-21H2,(H,38,40)/t30-,31?/m1/s1. The van der Waals surface area contributed by atoms with Gasteiger partial charge >= 0.3 is 6.18 Å². The number of rotatable bonds is 11. The van der Waals surface area contributed by atoms with Crippen molar-refractivity contribution in [3.05, 3.63) is 107 Å². The summed E-state index contributed by atoms with van der Waals surface area (Å²) in [6, 6.07) is 17.7. The monoisotopic (exact) mass is 611 g/mol. The number of fused-ring (bicyclic) bond motifs is 1. The van der Waals surface area contributed by atoms with Crippen molar-refractivity contribution in [2.75, 3.05) is 6.54 Å². The van der Waals surface area contributed by atoms with Crippen LogP contribution in [-0.2, 0) is 27.4 Å². The first-order chi connectivity index (χ1) is 20.5. The highest BCUT2D eigenvalue weighted by Gasteiger charge is 2.33. The largest absolute Gasteiger partial charge is 0.416 e. The molecule has 3 N–H and O–H groups in total. The van der Waals surface area contributed by atoms with E-state index < -0.39 is 32.7 Å². The molecule has 1 unspecified atom stereocenters. The van der Waals surface area contributed by atoms with Crippen LogP contribution in [0.3, 0.4) is 0 Å². The van der Waals surface area contributed by atoms with E-state index in [9.17, 15) is 26.4 Å². The number of carbonyl (C=O) groups is 1. The predicted molar refractivity (Wildman–Crippen MR) is 161 cm³/mol. The third-order valence-electron chi connectivity index (χ3n) is 8.27. The molecule has 2 aliphatic carbocycles. The number of amides is 1. The molecule has 0 saturated heterocycles. The van der Waals surface area contributed by atoms with E-state index in [1.54, 1.807) is 30.3 Å². The van der Waals surface area contributed by atoms with Gasteiger partial charge in [-0.2, -0.15) is 13.2 Å².